The third-order valence-electron chi connectivity index (χ3n) is 4.05. The Kier molecular flexibility index (Phi) is 5.96. The Morgan fingerprint density at radius 3 is 2.73 bits per heavy atom. The summed E-state index contributed by atoms with van der Waals surface area (Å²) in [7, 11) is 0. The van der Waals surface area contributed by atoms with Gasteiger partial charge in [0.2, 0.25) is 5.88 Å². The monoisotopic (exact) mass is 533 g/mol. The topological polar surface area (TPSA) is 107 Å². The number of nitrogens with one attached hydrogen (secondary N) is 1. The van der Waals surface area contributed by atoms with Crippen molar-refractivity contribution in [3.8, 4) is 17.3 Å². The SMILES string of the molecule is O=C(NCCOc1ccc(-c2ccco2)nn1)c1cc2cc(Br)cc(Br)c2oc1=O. The molecule has 4 aromatic rings. The molecule has 0 radical (unpaired) electrons. The lowest BCUT2D eigenvalue weighted by Gasteiger charge is -2.07. The fourth-order valence-electron chi connectivity index (χ4n) is 2.68. The third-order valence-corrected chi connectivity index (χ3v) is 5.09. The van der Waals surface area contributed by atoms with Gasteiger partial charge in [-0.2, -0.15) is 0 Å². The van der Waals surface area contributed by atoms with Crippen LogP contribution in [-0.2, 0) is 0 Å². The number of halogens is 2. The standard InChI is InChI=1S/C20H13Br2N3O5/c21-12-8-11-9-13(20(27)30-18(11)14(22)10-12)19(26)23-5-7-29-17-4-3-15(24-25-17)16-2-1-6-28-16/h1-4,6,8-10H,5,7H2,(H,23,26). The maximum absolute atomic E-state index is 12.4. The van der Waals surface area contributed by atoms with Gasteiger partial charge in [-0.25, -0.2) is 4.79 Å². The zero-order valence-electron chi connectivity index (χ0n) is 15.2. The van der Waals surface area contributed by atoms with E-state index in [1.54, 1.807) is 42.7 Å². The number of fused-ring (bicyclic) bond motifs is 1. The van der Waals surface area contributed by atoms with Gasteiger partial charge in [0, 0.05) is 15.9 Å². The number of furan rings is 1. The second kappa shape index (κ2) is 8.80. The third kappa shape index (κ3) is 4.44. The number of hydrogen-bond donors (Lipinski definition) is 1. The van der Waals surface area contributed by atoms with Crippen molar-refractivity contribution in [1.29, 1.82) is 0 Å². The number of ether oxygens (including phenoxy) is 1. The van der Waals surface area contributed by atoms with Gasteiger partial charge in [0.25, 0.3) is 5.91 Å². The molecule has 30 heavy (non-hydrogen) atoms. The minimum atomic E-state index is -0.719. The molecule has 0 fully saturated rings. The number of rotatable bonds is 6. The summed E-state index contributed by atoms with van der Waals surface area (Å²) in [5.41, 5.74) is 0.153. The molecule has 152 valence electrons. The van der Waals surface area contributed by atoms with Gasteiger partial charge in [0.1, 0.15) is 17.9 Å². The minimum Gasteiger partial charge on any atom is -0.475 e. The lowest BCUT2D eigenvalue weighted by atomic mass is 10.2. The van der Waals surface area contributed by atoms with Crippen molar-refractivity contribution < 1.29 is 18.4 Å². The van der Waals surface area contributed by atoms with Gasteiger partial charge in [-0.3, -0.25) is 4.79 Å². The number of nitrogens with zero attached hydrogens (tertiary/aromatic N) is 2. The van der Waals surface area contributed by atoms with E-state index < -0.39 is 11.5 Å². The normalized spacial score (nSPS) is 10.9. The quantitative estimate of drug-likeness (QED) is 0.292. The highest BCUT2D eigenvalue weighted by atomic mass is 79.9. The van der Waals surface area contributed by atoms with Gasteiger partial charge in [0.05, 0.1) is 17.3 Å². The van der Waals surface area contributed by atoms with Crippen LogP contribution in [0, 0.1) is 0 Å². The highest BCUT2D eigenvalue weighted by molar-refractivity contribution is 9.11. The van der Waals surface area contributed by atoms with E-state index in [0.717, 1.165) is 4.47 Å². The van der Waals surface area contributed by atoms with Crippen LogP contribution in [0.3, 0.4) is 0 Å². The highest BCUT2D eigenvalue weighted by Crippen LogP contribution is 2.28. The van der Waals surface area contributed by atoms with Crippen LogP contribution in [0.15, 0.2) is 71.3 Å². The Morgan fingerprint density at radius 1 is 1.13 bits per heavy atom. The summed E-state index contributed by atoms with van der Waals surface area (Å²) in [4.78, 5) is 24.6. The van der Waals surface area contributed by atoms with E-state index in [1.165, 1.54) is 6.07 Å². The van der Waals surface area contributed by atoms with Crippen molar-refractivity contribution >= 4 is 48.7 Å². The van der Waals surface area contributed by atoms with Crippen LogP contribution >= 0.6 is 31.9 Å². The average molecular weight is 535 g/mol. The number of carbonyl (C=O) groups is 1. The molecule has 0 saturated heterocycles. The molecule has 8 nitrogen and oxygen atoms in total. The molecular weight excluding hydrogens is 522 g/mol. The summed E-state index contributed by atoms with van der Waals surface area (Å²) in [5, 5.41) is 11.2. The molecule has 3 aromatic heterocycles. The van der Waals surface area contributed by atoms with E-state index in [1.807, 2.05) is 0 Å². The molecule has 1 N–H and O–H groups in total. The number of amides is 1. The molecule has 0 atom stereocenters. The van der Waals surface area contributed by atoms with E-state index in [0.29, 0.717) is 32.8 Å². The van der Waals surface area contributed by atoms with Crippen LogP contribution in [0.4, 0.5) is 0 Å². The Balaban J connectivity index is 1.36. The molecule has 0 spiro atoms. The van der Waals surface area contributed by atoms with Crippen LogP contribution in [0.2, 0.25) is 0 Å². The first-order valence-corrected chi connectivity index (χ1v) is 10.3. The van der Waals surface area contributed by atoms with Gasteiger partial charge in [-0.15, -0.1) is 10.2 Å². The Bertz CT molecular complexity index is 1250. The van der Waals surface area contributed by atoms with Crippen molar-refractivity contribution in [3.05, 3.63) is 73.7 Å². The first kappa shape index (κ1) is 20.3. The summed E-state index contributed by atoms with van der Waals surface area (Å²) >= 11 is 6.71. The first-order valence-electron chi connectivity index (χ1n) is 8.73. The van der Waals surface area contributed by atoms with Crippen LogP contribution in [0.1, 0.15) is 10.4 Å². The Hall–Kier alpha value is -2.98. The second-order valence-electron chi connectivity index (χ2n) is 6.09. The van der Waals surface area contributed by atoms with Crippen molar-refractivity contribution in [2.45, 2.75) is 0 Å². The van der Waals surface area contributed by atoms with Crippen LogP contribution in [0.25, 0.3) is 22.4 Å². The van der Waals surface area contributed by atoms with Gasteiger partial charge >= 0.3 is 5.63 Å². The van der Waals surface area contributed by atoms with Gasteiger partial charge in [-0.1, -0.05) is 15.9 Å². The van der Waals surface area contributed by atoms with Gasteiger partial charge in [-0.05, 0) is 52.3 Å². The molecule has 10 heteroatoms. The summed E-state index contributed by atoms with van der Waals surface area (Å²) in [5.74, 6) is 0.360. The lowest BCUT2D eigenvalue weighted by molar-refractivity contribution is 0.0943. The minimum absolute atomic E-state index is 0.0879. The first-order chi connectivity index (χ1) is 14.5. The molecule has 1 amide bonds. The second-order valence-corrected chi connectivity index (χ2v) is 7.86. The fraction of sp³-hybridized carbons (Fsp3) is 0.100. The van der Waals surface area contributed by atoms with Crippen LogP contribution in [0.5, 0.6) is 5.88 Å². The number of hydrogen-bond acceptors (Lipinski definition) is 7. The fourth-order valence-corrected chi connectivity index (χ4v) is 4.02. The largest absolute Gasteiger partial charge is 0.475 e. The molecule has 0 aliphatic heterocycles. The number of carbonyl (C=O) groups excluding carboxylic acids is 1. The molecule has 0 saturated carbocycles. The smallest absolute Gasteiger partial charge is 0.349 e. The van der Waals surface area contributed by atoms with Crippen LogP contribution < -0.4 is 15.7 Å². The summed E-state index contributed by atoms with van der Waals surface area (Å²) < 4.78 is 17.4. The molecule has 3 heterocycles. The molecule has 0 aliphatic carbocycles. The lowest BCUT2D eigenvalue weighted by Crippen LogP contribution is -2.31. The zero-order chi connectivity index (χ0) is 21.1. The van der Waals surface area contributed by atoms with Crippen molar-refractivity contribution in [3.63, 3.8) is 0 Å². The Labute approximate surface area is 186 Å². The molecular formula is C20H13Br2N3O5. The van der Waals surface area contributed by atoms with Gasteiger partial charge < -0.3 is 18.9 Å². The van der Waals surface area contributed by atoms with Crippen molar-refractivity contribution in [2.24, 2.45) is 0 Å². The number of aromatic nitrogens is 2. The van der Waals surface area contributed by atoms with Crippen molar-refractivity contribution in [2.75, 3.05) is 13.2 Å². The summed E-state index contributed by atoms with van der Waals surface area (Å²) in [6.07, 6.45) is 1.55. The molecule has 1 aromatic carbocycles. The van der Waals surface area contributed by atoms with E-state index in [2.05, 4.69) is 47.4 Å². The number of benzene rings is 1. The maximum atomic E-state index is 12.4. The molecule has 0 bridgehead atoms. The summed E-state index contributed by atoms with van der Waals surface area (Å²) in [6, 6.07) is 11.9. The van der Waals surface area contributed by atoms with E-state index >= 15 is 0 Å². The van der Waals surface area contributed by atoms with Crippen molar-refractivity contribution in [1.82, 2.24) is 15.5 Å². The highest BCUT2D eigenvalue weighted by Gasteiger charge is 2.15. The van der Waals surface area contributed by atoms with E-state index in [-0.39, 0.29) is 18.7 Å². The van der Waals surface area contributed by atoms with Gasteiger partial charge in [0.15, 0.2) is 11.3 Å². The average Bonchev–Trinajstić information content (AvgIpc) is 3.26. The Morgan fingerprint density at radius 2 is 2.00 bits per heavy atom. The molecule has 0 unspecified atom stereocenters. The van der Waals surface area contributed by atoms with E-state index in [9.17, 15) is 9.59 Å². The summed E-state index contributed by atoms with van der Waals surface area (Å²) in [6.45, 7) is 0.316. The predicted molar refractivity (Wildman–Crippen MR) is 115 cm³/mol. The maximum Gasteiger partial charge on any atom is 0.349 e. The zero-order valence-corrected chi connectivity index (χ0v) is 18.4. The molecule has 4 rings (SSSR count). The predicted octanol–water partition coefficient (Wildman–Crippen LogP) is 4.18. The van der Waals surface area contributed by atoms with Crippen LogP contribution in [-0.4, -0.2) is 29.3 Å². The van der Waals surface area contributed by atoms with E-state index in [4.69, 9.17) is 13.6 Å². The molecule has 0 aliphatic rings.